The quantitative estimate of drug-likeness (QED) is 0.834. The van der Waals surface area contributed by atoms with Crippen LogP contribution in [-0.4, -0.2) is 28.8 Å². The molecule has 3 nitrogen and oxygen atoms in total. The minimum absolute atomic E-state index is 0.476. The molecule has 2 bridgehead atoms. The summed E-state index contributed by atoms with van der Waals surface area (Å²) in [4.78, 5) is 14.4. The molecule has 104 valence electrons. The van der Waals surface area contributed by atoms with Crippen molar-refractivity contribution >= 4 is 5.78 Å². The second-order valence-electron chi connectivity index (χ2n) is 6.10. The van der Waals surface area contributed by atoms with E-state index in [1.165, 1.54) is 19.3 Å². The van der Waals surface area contributed by atoms with Gasteiger partial charge >= 0.3 is 0 Å². The van der Waals surface area contributed by atoms with Gasteiger partial charge in [-0.1, -0.05) is 6.42 Å². The van der Waals surface area contributed by atoms with Crippen LogP contribution in [0.5, 0.6) is 0 Å². The molecule has 3 atom stereocenters. The lowest BCUT2D eigenvalue weighted by atomic mass is 9.82. The van der Waals surface area contributed by atoms with Gasteiger partial charge < -0.3 is 4.42 Å². The standard InChI is InChI=1S/C16H23NO2/c1-12(7-8-16-6-3-9-19-16)17-13-4-2-5-14(17)11-15(18)10-13/h3,6,9,12-14H,2,4-5,7-8,10-11H2,1H3. The van der Waals surface area contributed by atoms with Crippen LogP contribution in [0.2, 0.25) is 0 Å². The molecule has 19 heavy (non-hydrogen) atoms. The fourth-order valence-corrected chi connectivity index (χ4v) is 3.88. The van der Waals surface area contributed by atoms with Crippen LogP contribution in [0, 0.1) is 0 Å². The topological polar surface area (TPSA) is 33.5 Å². The number of nitrogens with zero attached hydrogens (tertiary/aromatic N) is 1. The third-order valence-electron chi connectivity index (χ3n) is 4.74. The van der Waals surface area contributed by atoms with Crippen molar-refractivity contribution in [3.8, 4) is 0 Å². The smallest absolute Gasteiger partial charge is 0.136 e. The van der Waals surface area contributed by atoms with Crippen LogP contribution < -0.4 is 0 Å². The molecule has 0 amide bonds. The van der Waals surface area contributed by atoms with E-state index in [2.05, 4.69) is 11.8 Å². The number of aryl methyl sites for hydroxylation is 1. The first-order valence-electron chi connectivity index (χ1n) is 7.55. The number of furan rings is 1. The molecule has 1 aromatic heterocycles. The number of fused-ring (bicyclic) bond motifs is 2. The zero-order valence-corrected chi connectivity index (χ0v) is 11.7. The Labute approximate surface area is 115 Å². The second kappa shape index (κ2) is 5.49. The largest absolute Gasteiger partial charge is 0.469 e. The summed E-state index contributed by atoms with van der Waals surface area (Å²) in [6.07, 6.45) is 9.12. The van der Waals surface area contributed by atoms with Gasteiger partial charge in [0.1, 0.15) is 11.5 Å². The van der Waals surface area contributed by atoms with Gasteiger partial charge in [-0.05, 0) is 38.3 Å². The summed E-state index contributed by atoms with van der Waals surface area (Å²) in [7, 11) is 0. The van der Waals surface area contributed by atoms with E-state index in [1.54, 1.807) is 6.26 Å². The molecule has 3 unspecified atom stereocenters. The van der Waals surface area contributed by atoms with Gasteiger partial charge in [0.05, 0.1) is 6.26 Å². The number of carbonyl (C=O) groups excluding carboxylic acids is 1. The maximum absolute atomic E-state index is 11.7. The first kappa shape index (κ1) is 12.9. The molecule has 2 aliphatic rings. The molecule has 0 aromatic carbocycles. The molecule has 0 aliphatic carbocycles. The summed E-state index contributed by atoms with van der Waals surface area (Å²) >= 11 is 0. The Hall–Kier alpha value is -1.09. The fourth-order valence-electron chi connectivity index (χ4n) is 3.88. The molecule has 3 rings (SSSR count). The Morgan fingerprint density at radius 2 is 2.11 bits per heavy atom. The number of piperidine rings is 2. The lowest BCUT2D eigenvalue weighted by molar-refractivity contribution is -0.128. The summed E-state index contributed by atoms with van der Waals surface area (Å²) in [5.74, 6) is 1.55. The Kier molecular flexibility index (Phi) is 3.74. The van der Waals surface area contributed by atoms with E-state index in [-0.39, 0.29) is 0 Å². The SMILES string of the molecule is CC(CCc1ccco1)N1C2CCCC1CC(=O)C2. The third-order valence-corrected chi connectivity index (χ3v) is 4.74. The number of hydrogen-bond donors (Lipinski definition) is 0. The minimum atomic E-state index is 0.476. The van der Waals surface area contributed by atoms with Crippen LogP contribution in [0.4, 0.5) is 0 Å². The van der Waals surface area contributed by atoms with Crippen LogP contribution in [-0.2, 0) is 11.2 Å². The number of Topliss-reactive ketones (excluding diaryl/α,β-unsaturated/α-hetero) is 1. The van der Waals surface area contributed by atoms with Crippen molar-refractivity contribution in [1.82, 2.24) is 4.90 Å². The van der Waals surface area contributed by atoms with E-state index in [0.717, 1.165) is 31.4 Å². The van der Waals surface area contributed by atoms with Crippen LogP contribution >= 0.6 is 0 Å². The van der Waals surface area contributed by atoms with Crippen LogP contribution in [0.25, 0.3) is 0 Å². The zero-order valence-electron chi connectivity index (χ0n) is 11.7. The number of hydrogen-bond acceptors (Lipinski definition) is 3. The van der Waals surface area contributed by atoms with Crippen molar-refractivity contribution < 1.29 is 9.21 Å². The molecule has 0 saturated carbocycles. The van der Waals surface area contributed by atoms with Crippen molar-refractivity contribution in [3.63, 3.8) is 0 Å². The number of ketones is 1. The van der Waals surface area contributed by atoms with Gasteiger partial charge in [-0.3, -0.25) is 9.69 Å². The normalized spacial score (nSPS) is 29.4. The van der Waals surface area contributed by atoms with Gasteiger partial charge in [-0.15, -0.1) is 0 Å². The lowest BCUT2D eigenvalue weighted by Crippen LogP contribution is -2.55. The summed E-state index contributed by atoms with van der Waals surface area (Å²) in [6, 6.07) is 5.56. The molecule has 3 heterocycles. The molecule has 0 spiro atoms. The average molecular weight is 261 g/mol. The molecule has 0 N–H and O–H groups in total. The van der Waals surface area contributed by atoms with Gasteiger partial charge in [-0.25, -0.2) is 0 Å². The van der Waals surface area contributed by atoms with Gasteiger partial charge in [-0.2, -0.15) is 0 Å². The highest BCUT2D eigenvalue weighted by Gasteiger charge is 2.39. The molecular weight excluding hydrogens is 238 g/mol. The Morgan fingerprint density at radius 3 is 2.74 bits per heavy atom. The second-order valence-corrected chi connectivity index (χ2v) is 6.10. The minimum Gasteiger partial charge on any atom is -0.469 e. The van der Waals surface area contributed by atoms with Crippen molar-refractivity contribution in [2.45, 2.75) is 70.0 Å². The third kappa shape index (κ3) is 2.76. The number of carbonyl (C=O) groups is 1. The Balaban J connectivity index is 1.62. The highest BCUT2D eigenvalue weighted by atomic mass is 16.3. The predicted molar refractivity (Wildman–Crippen MR) is 74.0 cm³/mol. The number of rotatable bonds is 4. The summed E-state index contributed by atoms with van der Waals surface area (Å²) in [6.45, 7) is 2.31. The molecule has 0 radical (unpaired) electrons. The summed E-state index contributed by atoms with van der Waals surface area (Å²) in [5, 5.41) is 0. The first-order chi connectivity index (χ1) is 9.24. The maximum atomic E-state index is 11.7. The molecular formula is C16H23NO2. The molecule has 2 aliphatic heterocycles. The van der Waals surface area contributed by atoms with Gasteiger partial charge in [0.25, 0.3) is 0 Å². The van der Waals surface area contributed by atoms with E-state index < -0.39 is 0 Å². The Bertz CT molecular complexity index is 410. The van der Waals surface area contributed by atoms with Crippen LogP contribution in [0.3, 0.4) is 0 Å². The van der Waals surface area contributed by atoms with Crippen molar-refractivity contribution in [3.05, 3.63) is 24.2 Å². The molecule has 3 heteroatoms. The van der Waals surface area contributed by atoms with Gasteiger partial charge in [0, 0.05) is 37.4 Å². The van der Waals surface area contributed by atoms with E-state index in [1.807, 2.05) is 12.1 Å². The highest BCUT2D eigenvalue weighted by Crippen LogP contribution is 2.34. The molecule has 2 saturated heterocycles. The van der Waals surface area contributed by atoms with Crippen molar-refractivity contribution in [2.75, 3.05) is 0 Å². The molecule has 2 fully saturated rings. The van der Waals surface area contributed by atoms with Crippen LogP contribution in [0.1, 0.15) is 51.2 Å². The zero-order chi connectivity index (χ0) is 13.2. The van der Waals surface area contributed by atoms with E-state index in [0.29, 0.717) is 23.9 Å². The summed E-state index contributed by atoms with van der Waals surface area (Å²) in [5.41, 5.74) is 0. The maximum Gasteiger partial charge on any atom is 0.136 e. The first-order valence-corrected chi connectivity index (χ1v) is 7.55. The monoisotopic (exact) mass is 261 g/mol. The predicted octanol–water partition coefficient (Wildman–Crippen LogP) is 3.19. The highest BCUT2D eigenvalue weighted by molar-refractivity contribution is 5.80. The van der Waals surface area contributed by atoms with E-state index >= 15 is 0 Å². The van der Waals surface area contributed by atoms with Gasteiger partial charge in [0.15, 0.2) is 0 Å². The average Bonchev–Trinajstić information content (AvgIpc) is 2.88. The van der Waals surface area contributed by atoms with Crippen LogP contribution in [0.15, 0.2) is 22.8 Å². The fraction of sp³-hybridized carbons (Fsp3) is 0.688. The summed E-state index contributed by atoms with van der Waals surface area (Å²) < 4.78 is 5.41. The van der Waals surface area contributed by atoms with E-state index in [4.69, 9.17) is 4.42 Å². The Morgan fingerprint density at radius 1 is 1.37 bits per heavy atom. The van der Waals surface area contributed by atoms with Crippen molar-refractivity contribution in [2.24, 2.45) is 0 Å². The van der Waals surface area contributed by atoms with Gasteiger partial charge in [0.2, 0.25) is 0 Å². The lowest BCUT2D eigenvalue weighted by Gasteiger charge is -2.48. The molecule has 1 aromatic rings. The van der Waals surface area contributed by atoms with Crippen molar-refractivity contribution in [1.29, 1.82) is 0 Å². The van der Waals surface area contributed by atoms with E-state index in [9.17, 15) is 4.79 Å².